The highest BCUT2D eigenvalue weighted by molar-refractivity contribution is 8.76. The first-order chi connectivity index (χ1) is 15.0. The molecule has 168 valence electrons. The van der Waals surface area contributed by atoms with Crippen LogP contribution in [0, 0.1) is 0 Å². The Hall–Kier alpha value is -2.53. The molecule has 31 heavy (non-hydrogen) atoms. The summed E-state index contributed by atoms with van der Waals surface area (Å²) in [5.41, 5.74) is 0. The van der Waals surface area contributed by atoms with Gasteiger partial charge in [0.1, 0.15) is 0 Å². The fraction of sp³-hybridized carbons (Fsp3) is 0.450. The number of carbonyl (C=O) groups is 5. The zero-order valence-electron chi connectivity index (χ0n) is 16.9. The van der Waals surface area contributed by atoms with E-state index in [1.54, 1.807) is 21.6 Å². The maximum absolute atomic E-state index is 11.8. The number of ether oxygens (including phenoxy) is 1. The van der Waals surface area contributed by atoms with Crippen LogP contribution in [0.3, 0.4) is 0 Å². The molecule has 0 radical (unpaired) electrons. The van der Waals surface area contributed by atoms with Crippen LogP contribution in [-0.2, 0) is 23.9 Å². The summed E-state index contributed by atoms with van der Waals surface area (Å²) < 4.78 is 4.85. The predicted molar refractivity (Wildman–Crippen MR) is 118 cm³/mol. The van der Waals surface area contributed by atoms with Gasteiger partial charge in [-0.05, 0) is 12.1 Å². The molecule has 0 unspecified atom stereocenters. The van der Waals surface area contributed by atoms with Gasteiger partial charge in [-0.3, -0.25) is 19.2 Å². The summed E-state index contributed by atoms with van der Waals surface area (Å²) in [7, 11) is 3.22. The van der Waals surface area contributed by atoms with Gasteiger partial charge in [0, 0.05) is 49.5 Å². The number of hydrogen-bond acceptors (Lipinski definition) is 8. The van der Waals surface area contributed by atoms with Crippen molar-refractivity contribution in [2.45, 2.75) is 36.7 Å². The SMILES string of the molecule is O=C(CCSSc1ccccc1)NCCNC(=O)NCCC(=O)OC1C(=O)CCC1=O. The van der Waals surface area contributed by atoms with E-state index in [1.165, 1.54) is 0 Å². The van der Waals surface area contributed by atoms with Crippen molar-refractivity contribution in [2.24, 2.45) is 0 Å². The van der Waals surface area contributed by atoms with Crippen molar-refractivity contribution in [1.29, 1.82) is 0 Å². The highest BCUT2D eigenvalue weighted by Gasteiger charge is 2.35. The Labute approximate surface area is 188 Å². The maximum Gasteiger partial charge on any atom is 0.314 e. The van der Waals surface area contributed by atoms with E-state index in [0.717, 1.165) is 4.90 Å². The van der Waals surface area contributed by atoms with Crippen LogP contribution in [0.5, 0.6) is 0 Å². The van der Waals surface area contributed by atoms with E-state index >= 15 is 0 Å². The molecule has 0 bridgehead atoms. The smallest absolute Gasteiger partial charge is 0.314 e. The van der Waals surface area contributed by atoms with Gasteiger partial charge in [-0.2, -0.15) is 0 Å². The summed E-state index contributed by atoms with van der Waals surface area (Å²) in [6.07, 6.45) is -0.871. The van der Waals surface area contributed by atoms with Crippen LogP contribution in [0.4, 0.5) is 4.79 Å². The van der Waals surface area contributed by atoms with Crippen LogP contribution < -0.4 is 16.0 Å². The molecular weight excluding hydrogens is 442 g/mol. The molecule has 0 atom stereocenters. The number of hydrogen-bond donors (Lipinski definition) is 3. The van der Waals surface area contributed by atoms with Gasteiger partial charge in [0.05, 0.1) is 6.42 Å². The highest BCUT2D eigenvalue weighted by atomic mass is 33.1. The van der Waals surface area contributed by atoms with Crippen molar-refractivity contribution in [1.82, 2.24) is 16.0 Å². The summed E-state index contributed by atoms with van der Waals surface area (Å²) in [4.78, 5) is 59.1. The first kappa shape index (κ1) is 24.7. The van der Waals surface area contributed by atoms with Gasteiger partial charge >= 0.3 is 12.0 Å². The van der Waals surface area contributed by atoms with E-state index in [2.05, 4.69) is 16.0 Å². The molecule has 1 saturated carbocycles. The van der Waals surface area contributed by atoms with Crippen molar-refractivity contribution in [3.63, 3.8) is 0 Å². The lowest BCUT2D eigenvalue weighted by molar-refractivity contribution is -0.157. The normalized spacial score (nSPS) is 13.7. The molecule has 0 aromatic heterocycles. The lowest BCUT2D eigenvalue weighted by atomic mass is 10.3. The van der Waals surface area contributed by atoms with E-state index in [0.29, 0.717) is 12.2 Å². The number of rotatable bonds is 12. The summed E-state index contributed by atoms with van der Waals surface area (Å²) >= 11 is 0. The maximum atomic E-state index is 11.8. The van der Waals surface area contributed by atoms with E-state index in [1.807, 2.05) is 30.3 Å². The number of ketones is 2. The van der Waals surface area contributed by atoms with E-state index < -0.39 is 18.1 Å². The van der Waals surface area contributed by atoms with Crippen molar-refractivity contribution in [2.75, 3.05) is 25.4 Å². The molecule has 1 aliphatic carbocycles. The van der Waals surface area contributed by atoms with Gasteiger partial charge in [-0.1, -0.05) is 39.8 Å². The van der Waals surface area contributed by atoms with Crippen LogP contribution in [0.15, 0.2) is 35.2 Å². The lowest BCUT2D eigenvalue weighted by Crippen LogP contribution is -2.41. The molecule has 9 nitrogen and oxygen atoms in total. The second kappa shape index (κ2) is 13.7. The number of urea groups is 1. The number of esters is 1. The molecule has 2 rings (SSSR count). The molecule has 0 heterocycles. The summed E-state index contributed by atoms with van der Waals surface area (Å²) in [5.74, 6) is -0.918. The topological polar surface area (TPSA) is 131 Å². The summed E-state index contributed by atoms with van der Waals surface area (Å²) in [5, 5.41) is 7.74. The Morgan fingerprint density at radius 2 is 1.55 bits per heavy atom. The lowest BCUT2D eigenvalue weighted by Gasteiger charge is -2.10. The van der Waals surface area contributed by atoms with E-state index in [-0.39, 0.29) is 56.4 Å². The van der Waals surface area contributed by atoms with Crippen LogP contribution in [0.25, 0.3) is 0 Å². The third-order valence-corrected chi connectivity index (χ3v) is 6.49. The fourth-order valence-electron chi connectivity index (χ4n) is 2.54. The minimum atomic E-state index is -1.29. The van der Waals surface area contributed by atoms with Crippen LogP contribution >= 0.6 is 21.6 Å². The first-order valence-electron chi connectivity index (χ1n) is 9.83. The standard InChI is InChI=1S/C20H25N3O6S2/c24-15-6-7-16(25)19(15)29-18(27)8-10-22-20(28)23-12-11-21-17(26)9-13-30-31-14-4-2-1-3-5-14/h1-5,19H,6-13H2,(H,21,26)(H2,22,23,28). The number of benzene rings is 1. The Morgan fingerprint density at radius 1 is 0.903 bits per heavy atom. The largest absolute Gasteiger partial charge is 0.446 e. The van der Waals surface area contributed by atoms with Gasteiger partial charge in [0.25, 0.3) is 0 Å². The third-order valence-electron chi connectivity index (χ3n) is 4.11. The van der Waals surface area contributed by atoms with Crippen molar-refractivity contribution < 1.29 is 28.7 Å². The molecule has 0 aliphatic heterocycles. The van der Waals surface area contributed by atoms with E-state index in [9.17, 15) is 24.0 Å². The zero-order chi connectivity index (χ0) is 22.5. The molecule has 1 aromatic carbocycles. The monoisotopic (exact) mass is 467 g/mol. The third kappa shape index (κ3) is 9.88. The van der Waals surface area contributed by atoms with Gasteiger partial charge in [-0.25, -0.2) is 4.79 Å². The first-order valence-corrected chi connectivity index (χ1v) is 12.2. The minimum Gasteiger partial charge on any atom is -0.446 e. The number of Topliss-reactive ketones (excluding diaryl/α,β-unsaturated/α-hetero) is 2. The second-order valence-electron chi connectivity index (χ2n) is 6.55. The van der Waals surface area contributed by atoms with Crippen molar-refractivity contribution in [3.8, 4) is 0 Å². The number of carbonyl (C=O) groups excluding carboxylic acids is 5. The van der Waals surface area contributed by atoms with Crippen LogP contribution in [0.2, 0.25) is 0 Å². The van der Waals surface area contributed by atoms with Gasteiger partial charge < -0.3 is 20.7 Å². The Kier molecular flexibility index (Phi) is 10.9. The van der Waals surface area contributed by atoms with Gasteiger partial charge in [0.2, 0.25) is 12.0 Å². The molecule has 0 saturated heterocycles. The van der Waals surface area contributed by atoms with Gasteiger partial charge in [-0.15, -0.1) is 0 Å². The Bertz CT molecular complexity index is 774. The number of amides is 3. The fourth-order valence-corrected chi connectivity index (χ4v) is 4.53. The van der Waals surface area contributed by atoms with Crippen molar-refractivity contribution in [3.05, 3.63) is 30.3 Å². The van der Waals surface area contributed by atoms with Crippen molar-refractivity contribution >= 4 is 51.1 Å². The molecule has 11 heteroatoms. The van der Waals surface area contributed by atoms with Crippen LogP contribution in [-0.4, -0.2) is 61.0 Å². The molecule has 3 N–H and O–H groups in total. The predicted octanol–water partition coefficient (Wildman–Crippen LogP) is 1.47. The van der Waals surface area contributed by atoms with E-state index in [4.69, 9.17) is 4.74 Å². The molecule has 0 spiro atoms. The average Bonchev–Trinajstić information content (AvgIpc) is 3.07. The molecule has 1 fully saturated rings. The number of nitrogens with one attached hydrogen (secondary N) is 3. The average molecular weight is 468 g/mol. The molecule has 3 amide bonds. The summed E-state index contributed by atoms with van der Waals surface area (Å²) in [6, 6.07) is 9.40. The molecule has 1 aliphatic rings. The molecule has 1 aromatic rings. The minimum absolute atomic E-state index is 0.00241. The highest BCUT2D eigenvalue weighted by Crippen LogP contribution is 2.30. The summed E-state index contributed by atoms with van der Waals surface area (Å²) in [6.45, 7) is 0.526. The zero-order valence-corrected chi connectivity index (χ0v) is 18.5. The second-order valence-corrected chi connectivity index (χ2v) is 9.04. The quantitative estimate of drug-likeness (QED) is 0.182. The Balaban J connectivity index is 1.44. The Morgan fingerprint density at radius 3 is 2.26 bits per heavy atom. The van der Waals surface area contributed by atoms with Crippen LogP contribution in [0.1, 0.15) is 25.7 Å². The van der Waals surface area contributed by atoms with Gasteiger partial charge in [0.15, 0.2) is 11.6 Å². The molecular formula is C20H25N3O6S2.